The van der Waals surface area contributed by atoms with E-state index in [0.717, 1.165) is 64.6 Å². The molecule has 1 N–H and O–H groups in total. The van der Waals surface area contributed by atoms with E-state index in [4.69, 9.17) is 0 Å². The van der Waals surface area contributed by atoms with Gasteiger partial charge in [-0.2, -0.15) is 0 Å². The second kappa shape index (κ2) is 9.01. The van der Waals surface area contributed by atoms with Gasteiger partial charge in [0.05, 0.1) is 0 Å². The monoisotopic (exact) mass is 380 g/mol. The molecule has 1 saturated heterocycles. The Labute approximate surface area is 166 Å². The number of nitrogens with one attached hydrogen (secondary N) is 1. The molecule has 2 amide bonds. The maximum atomic E-state index is 12.4. The molecule has 0 saturated carbocycles. The molecule has 2 aliphatic rings. The lowest BCUT2D eigenvalue weighted by Gasteiger charge is -2.34. The van der Waals surface area contributed by atoms with Crippen LogP contribution in [0.4, 0.5) is 10.7 Å². The zero-order chi connectivity index (χ0) is 19.2. The van der Waals surface area contributed by atoms with Crippen LogP contribution in [-0.4, -0.2) is 71.6 Å². The number of urea groups is 1. The molecular formula is C21H28N6O. The summed E-state index contributed by atoms with van der Waals surface area (Å²) < 4.78 is 0. The lowest BCUT2D eigenvalue weighted by molar-refractivity contribution is 0.191. The van der Waals surface area contributed by atoms with Gasteiger partial charge in [0.15, 0.2) is 0 Å². The Hall–Kier alpha value is -2.67. The van der Waals surface area contributed by atoms with Gasteiger partial charge in [0, 0.05) is 58.2 Å². The fraction of sp³-hybridized carbons (Fsp3) is 0.476. The largest absolute Gasteiger partial charge is 0.338 e. The minimum absolute atomic E-state index is 0.0561. The van der Waals surface area contributed by atoms with E-state index in [1.165, 1.54) is 11.1 Å². The topological polar surface area (TPSA) is 64.6 Å². The molecule has 2 aromatic rings. The Kier molecular flexibility index (Phi) is 6.01. The number of carbonyl (C=O) groups is 1. The molecule has 4 rings (SSSR count). The molecule has 2 aliphatic heterocycles. The molecule has 3 heterocycles. The highest BCUT2D eigenvalue weighted by Gasteiger charge is 2.21. The lowest BCUT2D eigenvalue weighted by atomic mass is 10.0. The van der Waals surface area contributed by atoms with Crippen molar-refractivity contribution in [3.8, 4) is 0 Å². The summed E-state index contributed by atoms with van der Waals surface area (Å²) in [6, 6.07) is 10.3. The normalized spacial score (nSPS) is 17.3. The molecule has 1 fully saturated rings. The molecule has 0 spiro atoms. The molecule has 0 aliphatic carbocycles. The number of carbonyl (C=O) groups excluding carboxylic acids is 1. The maximum Gasteiger partial charge on any atom is 0.317 e. The fourth-order valence-electron chi connectivity index (χ4n) is 3.90. The van der Waals surface area contributed by atoms with Crippen molar-refractivity contribution in [2.45, 2.75) is 19.4 Å². The highest BCUT2D eigenvalue weighted by Crippen LogP contribution is 2.18. The quantitative estimate of drug-likeness (QED) is 0.801. The van der Waals surface area contributed by atoms with E-state index in [-0.39, 0.29) is 6.03 Å². The molecule has 148 valence electrons. The maximum absolute atomic E-state index is 12.4. The van der Waals surface area contributed by atoms with Crippen LogP contribution < -0.4 is 10.2 Å². The van der Waals surface area contributed by atoms with Gasteiger partial charge in [-0.15, -0.1) is 0 Å². The molecule has 7 nitrogen and oxygen atoms in total. The van der Waals surface area contributed by atoms with Gasteiger partial charge in [0.1, 0.15) is 0 Å². The molecule has 0 unspecified atom stereocenters. The van der Waals surface area contributed by atoms with E-state index < -0.39 is 0 Å². The SMILES string of the molecule is O=C(NCCCN1CCN(c2ncccn2)CC1)N1CCc2ccccc2C1. The van der Waals surface area contributed by atoms with E-state index in [1.54, 1.807) is 12.4 Å². The van der Waals surface area contributed by atoms with Crippen molar-refractivity contribution < 1.29 is 4.79 Å². The Morgan fingerprint density at radius 1 is 0.964 bits per heavy atom. The van der Waals surface area contributed by atoms with Crippen LogP contribution in [0.2, 0.25) is 0 Å². The average molecular weight is 380 g/mol. The summed E-state index contributed by atoms with van der Waals surface area (Å²) in [5, 5.41) is 3.09. The first-order chi connectivity index (χ1) is 13.8. The van der Waals surface area contributed by atoms with E-state index >= 15 is 0 Å². The number of amides is 2. The number of anilines is 1. The fourth-order valence-corrected chi connectivity index (χ4v) is 3.90. The zero-order valence-electron chi connectivity index (χ0n) is 16.3. The van der Waals surface area contributed by atoms with E-state index in [0.29, 0.717) is 6.54 Å². The number of nitrogens with zero attached hydrogens (tertiary/aromatic N) is 5. The van der Waals surface area contributed by atoms with Crippen molar-refractivity contribution in [3.63, 3.8) is 0 Å². The minimum Gasteiger partial charge on any atom is -0.338 e. The number of aromatic nitrogens is 2. The summed E-state index contributed by atoms with van der Waals surface area (Å²) in [7, 11) is 0. The number of hydrogen-bond acceptors (Lipinski definition) is 5. The van der Waals surface area contributed by atoms with Crippen molar-refractivity contribution >= 4 is 12.0 Å². The van der Waals surface area contributed by atoms with Crippen LogP contribution in [0.1, 0.15) is 17.5 Å². The summed E-state index contributed by atoms with van der Waals surface area (Å²) >= 11 is 0. The van der Waals surface area contributed by atoms with Gasteiger partial charge in [-0.1, -0.05) is 24.3 Å². The molecular weight excluding hydrogens is 352 g/mol. The van der Waals surface area contributed by atoms with Crippen LogP contribution >= 0.6 is 0 Å². The van der Waals surface area contributed by atoms with Crippen molar-refractivity contribution in [2.24, 2.45) is 0 Å². The van der Waals surface area contributed by atoms with E-state index in [9.17, 15) is 4.79 Å². The second-order valence-corrected chi connectivity index (χ2v) is 7.40. The number of rotatable bonds is 5. The number of fused-ring (bicyclic) bond motifs is 1. The zero-order valence-corrected chi connectivity index (χ0v) is 16.3. The summed E-state index contributed by atoms with van der Waals surface area (Å²) in [5.74, 6) is 0.817. The van der Waals surface area contributed by atoms with Crippen LogP contribution in [-0.2, 0) is 13.0 Å². The van der Waals surface area contributed by atoms with Crippen LogP contribution in [0.25, 0.3) is 0 Å². The predicted octanol–water partition coefficient (Wildman–Crippen LogP) is 1.76. The van der Waals surface area contributed by atoms with Gasteiger partial charge in [0.25, 0.3) is 0 Å². The Morgan fingerprint density at radius 3 is 2.50 bits per heavy atom. The lowest BCUT2D eigenvalue weighted by Crippen LogP contribution is -2.48. The summed E-state index contributed by atoms with van der Waals surface area (Å²) in [6.07, 6.45) is 5.49. The molecule has 1 aromatic heterocycles. The Balaban J connectivity index is 1.13. The van der Waals surface area contributed by atoms with Gasteiger partial charge >= 0.3 is 6.03 Å². The summed E-state index contributed by atoms with van der Waals surface area (Å²) in [5.41, 5.74) is 2.63. The third kappa shape index (κ3) is 4.59. The minimum atomic E-state index is 0.0561. The first-order valence-corrected chi connectivity index (χ1v) is 10.1. The molecule has 0 bridgehead atoms. The van der Waals surface area contributed by atoms with Gasteiger partial charge < -0.3 is 15.1 Å². The van der Waals surface area contributed by atoms with E-state index in [1.807, 2.05) is 17.0 Å². The van der Waals surface area contributed by atoms with Gasteiger partial charge in [-0.3, -0.25) is 4.90 Å². The van der Waals surface area contributed by atoms with Crippen LogP contribution in [0.3, 0.4) is 0 Å². The molecule has 0 radical (unpaired) electrons. The molecule has 28 heavy (non-hydrogen) atoms. The first kappa shape index (κ1) is 18.7. The number of hydrogen-bond donors (Lipinski definition) is 1. The van der Waals surface area contributed by atoms with Crippen molar-refractivity contribution in [1.82, 2.24) is 25.1 Å². The van der Waals surface area contributed by atoms with Gasteiger partial charge in [-0.05, 0) is 36.6 Å². The predicted molar refractivity (Wildman–Crippen MR) is 109 cm³/mol. The van der Waals surface area contributed by atoms with Crippen molar-refractivity contribution in [1.29, 1.82) is 0 Å². The molecule has 1 aromatic carbocycles. The Morgan fingerprint density at radius 2 is 1.71 bits per heavy atom. The summed E-state index contributed by atoms with van der Waals surface area (Å²) in [4.78, 5) is 27.7. The van der Waals surface area contributed by atoms with Crippen LogP contribution in [0.5, 0.6) is 0 Å². The van der Waals surface area contributed by atoms with Crippen LogP contribution in [0.15, 0.2) is 42.7 Å². The van der Waals surface area contributed by atoms with Crippen molar-refractivity contribution in [2.75, 3.05) is 50.7 Å². The van der Waals surface area contributed by atoms with Crippen LogP contribution in [0, 0.1) is 0 Å². The number of benzene rings is 1. The molecule has 0 atom stereocenters. The highest BCUT2D eigenvalue weighted by molar-refractivity contribution is 5.74. The third-order valence-electron chi connectivity index (χ3n) is 5.55. The second-order valence-electron chi connectivity index (χ2n) is 7.40. The van der Waals surface area contributed by atoms with Crippen molar-refractivity contribution in [3.05, 3.63) is 53.9 Å². The van der Waals surface area contributed by atoms with Gasteiger partial charge in [0.2, 0.25) is 5.95 Å². The average Bonchev–Trinajstić information content (AvgIpc) is 2.77. The third-order valence-corrected chi connectivity index (χ3v) is 5.55. The smallest absolute Gasteiger partial charge is 0.317 e. The van der Waals surface area contributed by atoms with E-state index in [2.05, 4.69) is 43.3 Å². The number of piperazine rings is 1. The molecule has 7 heteroatoms. The van der Waals surface area contributed by atoms with Gasteiger partial charge in [-0.25, -0.2) is 14.8 Å². The Bertz CT molecular complexity index is 775. The summed E-state index contributed by atoms with van der Waals surface area (Å²) in [6.45, 7) is 7.15. The highest BCUT2D eigenvalue weighted by atomic mass is 16.2. The standard InChI is InChI=1S/C21H28N6O/c28-21(27-12-7-18-5-1-2-6-19(18)17-27)24-10-4-11-25-13-15-26(16-14-25)20-22-8-3-9-23-20/h1-3,5-6,8-9H,4,7,10-17H2,(H,24,28). The first-order valence-electron chi connectivity index (χ1n) is 10.1.